The maximum Gasteiger partial charge on any atom is 0.354 e. The zero-order chi connectivity index (χ0) is 13.0. The summed E-state index contributed by atoms with van der Waals surface area (Å²) in [7, 11) is 0. The maximum absolute atomic E-state index is 11.1. The van der Waals surface area contributed by atoms with Crippen LogP contribution in [0.4, 0.5) is 0 Å². The quantitative estimate of drug-likeness (QED) is 0.872. The molecular weight excluding hydrogens is 228 g/mol. The van der Waals surface area contributed by atoms with E-state index in [2.05, 4.69) is 9.97 Å². The van der Waals surface area contributed by atoms with E-state index in [1.165, 1.54) is 32.1 Å². The number of aromatic nitrogens is 2. The van der Waals surface area contributed by atoms with Crippen LogP contribution in [0.1, 0.15) is 72.7 Å². The third kappa shape index (κ3) is 3.06. The van der Waals surface area contributed by atoms with Crippen molar-refractivity contribution in [1.82, 2.24) is 9.97 Å². The van der Waals surface area contributed by atoms with Crippen LogP contribution in [-0.4, -0.2) is 21.0 Å². The summed E-state index contributed by atoms with van der Waals surface area (Å²) in [4.78, 5) is 19.7. The van der Waals surface area contributed by atoms with Gasteiger partial charge < -0.3 is 5.11 Å². The molecule has 1 aliphatic carbocycles. The van der Waals surface area contributed by atoms with Gasteiger partial charge in [0.15, 0.2) is 5.69 Å². The Morgan fingerprint density at radius 2 is 1.83 bits per heavy atom. The van der Waals surface area contributed by atoms with Gasteiger partial charge in [-0.2, -0.15) is 0 Å². The van der Waals surface area contributed by atoms with Crippen LogP contribution in [0.5, 0.6) is 0 Å². The molecule has 1 heterocycles. The molecule has 0 atom stereocenters. The van der Waals surface area contributed by atoms with E-state index in [1.807, 2.05) is 0 Å². The largest absolute Gasteiger partial charge is 0.477 e. The molecule has 0 aromatic carbocycles. The zero-order valence-corrected chi connectivity index (χ0v) is 10.9. The Bertz CT molecular complexity index is 424. The monoisotopic (exact) mass is 248 g/mol. The lowest BCUT2D eigenvalue weighted by Gasteiger charge is -2.18. The molecule has 18 heavy (non-hydrogen) atoms. The highest BCUT2D eigenvalue weighted by Gasteiger charge is 2.19. The fraction of sp³-hybridized carbons (Fsp3) is 0.643. The van der Waals surface area contributed by atoms with Crippen molar-refractivity contribution in [3.63, 3.8) is 0 Å². The number of hydrogen-bond acceptors (Lipinski definition) is 3. The van der Waals surface area contributed by atoms with E-state index >= 15 is 0 Å². The second-order valence-electron chi connectivity index (χ2n) is 5.11. The summed E-state index contributed by atoms with van der Waals surface area (Å²) in [5, 5.41) is 9.10. The maximum atomic E-state index is 11.1. The van der Waals surface area contributed by atoms with Crippen LogP contribution in [0, 0.1) is 6.92 Å². The molecule has 1 aromatic rings. The molecule has 1 saturated carbocycles. The van der Waals surface area contributed by atoms with E-state index in [1.54, 1.807) is 13.1 Å². The molecule has 0 unspecified atom stereocenters. The van der Waals surface area contributed by atoms with Crippen molar-refractivity contribution in [3.05, 3.63) is 23.3 Å². The fourth-order valence-corrected chi connectivity index (χ4v) is 2.58. The number of nitrogens with zero attached hydrogens (tertiary/aromatic N) is 2. The molecule has 0 amide bonds. The highest BCUT2D eigenvalue weighted by atomic mass is 16.4. The summed E-state index contributed by atoms with van der Waals surface area (Å²) in [6.07, 6.45) is 10.1. The molecule has 1 N–H and O–H groups in total. The van der Waals surface area contributed by atoms with Crippen molar-refractivity contribution < 1.29 is 9.90 Å². The van der Waals surface area contributed by atoms with E-state index in [9.17, 15) is 4.79 Å². The highest BCUT2D eigenvalue weighted by molar-refractivity contribution is 5.86. The SMILES string of the molecule is Cc1cnc(C2CCCCCCC2)nc1C(=O)O. The molecule has 0 bridgehead atoms. The lowest BCUT2D eigenvalue weighted by molar-refractivity contribution is 0.0689. The van der Waals surface area contributed by atoms with Crippen molar-refractivity contribution in [3.8, 4) is 0 Å². The molecule has 0 saturated heterocycles. The number of carboxylic acid groups (broad SMARTS) is 1. The third-order valence-electron chi connectivity index (χ3n) is 3.66. The molecule has 4 nitrogen and oxygen atoms in total. The average molecular weight is 248 g/mol. The van der Waals surface area contributed by atoms with Crippen LogP contribution in [0.25, 0.3) is 0 Å². The topological polar surface area (TPSA) is 63.1 Å². The van der Waals surface area contributed by atoms with E-state index in [0.717, 1.165) is 18.7 Å². The van der Waals surface area contributed by atoms with Crippen LogP contribution >= 0.6 is 0 Å². The first kappa shape index (κ1) is 13.0. The molecule has 1 aromatic heterocycles. The molecule has 98 valence electrons. The molecule has 0 aliphatic heterocycles. The lowest BCUT2D eigenvalue weighted by Crippen LogP contribution is -2.12. The number of aryl methyl sites for hydroxylation is 1. The van der Waals surface area contributed by atoms with E-state index < -0.39 is 5.97 Å². The number of hydrogen-bond donors (Lipinski definition) is 1. The Hall–Kier alpha value is -1.45. The number of aromatic carboxylic acids is 1. The van der Waals surface area contributed by atoms with Gasteiger partial charge in [0.05, 0.1) is 0 Å². The van der Waals surface area contributed by atoms with Gasteiger partial charge in [-0.25, -0.2) is 14.8 Å². The van der Waals surface area contributed by atoms with Crippen molar-refractivity contribution in [2.75, 3.05) is 0 Å². The summed E-state index contributed by atoms with van der Waals surface area (Å²) in [5.41, 5.74) is 0.791. The standard InChI is InChI=1S/C14H20N2O2/c1-10-9-15-13(16-12(10)14(17)18)11-7-5-3-2-4-6-8-11/h9,11H,2-8H2,1H3,(H,17,18). The molecule has 1 fully saturated rings. The summed E-state index contributed by atoms with van der Waals surface area (Å²) in [6.45, 7) is 1.74. The minimum Gasteiger partial charge on any atom is -0.477 e. The van der Waals surface area contributed by atoms with Gasteiger partial charge in [-0.1, -0.05) is 32.1 Å². The number of carbonyl (C=O) groups is 1. The molecule has 1 aliphatic rings. The first-order chi connectivity index (χ1) is 8.68. The van der Waals surface area contributed by atoms with Gasteiger partial charge in [-0.3, -0.25) is 0 Å². The molecule has 0 spiro atoms. The molecule has 4 heteroatoms. The predicted octanol–water partition coefficient (Wildman–Crippen LogP) is 3.31. The Morgan fingerprint density at radius 3 is 2.44 bits per heavy atom. The second kappa shape index (κ2) is 5.94. The minimum atomic E-state index is -0.956. The molecular formula is C14H20N2O2. The Balaban J connectivity index is 2.20. The van der Waals surface area contributed by atoms with Crippen LogP contribution in [0.15, 0.2) is 6.20 Å². The van der Waals surface area contributed by atoms with Crippen molar-refractivity contribution in [2.24, 2.45) is 0 Å². The lowest BCUT2D eigenvalue weighted by atomic mass is 9.90. The van der Waals surface area contributed by atoms with Gasteiger partial charge in [0.25, 0.3) is 0 Å². The number of carboxylic acids is 1. The van der Waals surface area contributed by atoms with Crippen molar-refractivity contribution in [1.29, 1.82) is 0 Å². The summed E-state index contributed by atoms with van der Waals surface area (Å²) in [6, 6.07) is 0. The smallest absolute Gasteiger partial charge is 0.354 e. The first-order valence-electron chi connectivity index (χ1n) is 6.75. The first-order valence-corrected chi connectivity index (χ1v) is 6.75. The Labute approximate surface area is 107 Å². The van der Waals surface area contributed by atoms with Gasteiger partial charge in [-0.15, -0.1) is 0 Å². The predicted molar refractivity (Wildman–Crippen MR) is 68.8 cm³/mol. The zero-order valence-electron chi connectivity index (χ0n) is 10.9. The van der Waals surface area contributed by atoms with Gasteiger partial charge in [0.1, 0.15) is 5.82 Å². The van der Waals surface area contributed by atoms with Gasteiger partial charge in [-0.05, 0) is 19.8 Å². The van der Waals surface area contributed by atoms with Gasteiger partial charge in [0.2, 0.25) is 0 Å². The molecule has 2 rings (SSSR count). The normalized spacial score (nSPS) is 18.1. The van der Waals surface area contributed by atoms with Crippen LogP contribution in [0.3, 0.4) is 0 Å². The minimum absolute atomic E-state index is 0.155. The van der Waals surface area contributed by atoms with Crippen LogP contribution in [-0.2, 0) is 0 Å². The van der Waals surface area contributed by atoms with Crippen LogP contribution in [0.2, 0.25) is 0 Å². The third-order valence-corrected chi connectivity index (χ3v) is 3.66. The number of rotatable bonds is 2. The second-order valence-corrected chi connectivity index (χ2v) is 5.11. The summed E-state index contributed by atoms with van der Waals surface area (Å²) in [5.74, 6) is 0.103. The molecule has 0 radical (unpaired) electrons. The summed E-state index contributed by atoms with van der Waals surface area (Å²) >= 11 is 0. The fourth-order valence-electron chi connectivity index (χ4n) is 2.58. The Kier molecular flexibility index (Phi) is 4.28. The van der Waals surface area contributed by atoms with E-state index in [4.69, 9.17) is 5.11 Å². The van der Waals surface area contributed by atoms with E-state index in [-0.39, 0.29) is 5.69 Å². The van der Waals surface area contributed by atoms with Crippen molar-refractivity contribution in [2.45, 2.75) is 57.8 Å². The summed E-state index contributed by atoms with van der Waals surface area (Å²) < 4.78 is 0. The highest BCUT2D eigenvalue weighted by Crippen LogP contribution is 2.29. The van der Waals surface area contributed by atoms with Gasteiger partial charge >= 0.3 is 5.97 Å². The Morgan fingerprint density at radius 1 is 1.22 bits per heavy atom. The van der Waals surface area contributed by atoms with Crippen LogP contribution < -0.4 is 0 Å². The van der Waals surface area contributed by atoms with E-state index in [0.29, 0.717) is 11.5 Å². The average Bonchev–Trinajstić information content (AvgIpc) is 2.29. The van der Waals surface area contributed by atoms with Crippen molar-refractivity contribution >= 4 is 5.97 Å². The van der Waals surface area contributed by atoms with Gasteiger partial charge in [0, 0.05) is 17.7 Å².